The second-order valence-electron chi connectivity index (χ2n) is 3.06. The molecule has 0 fully saturated rings. The van der Waals surface area contributed by atoms with Gasteiger partial charge in [-0.25, -0.2) is 8.42 Å². The quantitative estimate of drug-likeness (QED) is 0.760. The Balaban J connectivity index is 2.75. The highest BCUT2D eigenvalue weighted by Crippen LogP contribution is 2.23. The Morgan fingerprint density at radius 2 is 2.19 bits per heavy atom. The maximum absolute atomic E-state index is 11.2. The van der Waals surface area contributed by atoms with Crippen LogP contribution in [0.5, 0.6) is 0 Å². The molecule has 0 aliphatic carbocycles. The molecule has 1 aromatic rings. The number of nitrogens with zero attached hydrogens (tertiary/aromatic N) is 2. The van der Waals surface area contributed by atoms with Gasteiger partial charge in [0.1, 0.15) is 11.0 Å². The Labute approximate surface area is 96.2 Å². The lowest BCUT2D eigenvalue weighted by atomic mass is 10.5. The number of aliphatic carboxylic acids is 1. The molecule has 1 unspecified atom stereocenters. The Hall–Kier alpha value is -1.09. The Bertz CT molecular complexity index is 481. The number of sulfone groups is 1. The lowest BCUT2D eigenvalue weighted by Crippen LogP contribution is -2.07. The van der Waals surface area contributed by atoms with Gasteiger partial charge in [-0.1, -0.05) is 11.8 Å². The maximum atomic E-state index is 11.2. The van der Waals surface area contributed by atoms with E-state index in [0.29, 0.717) is 0 Å². The van der Waals surface area contributed by atoms with Crippen molar-refractivity contribution in [2.75, 3.05) is 12.0 Å². The summed E-state index contributed by atoms with van der Waals surface area (Å²) in [7, 11) is -3.30. The van der Waals surface area contributed by atoms with Gasteiger partial charge in [-0.2, -0.15) is 0 Å². The van der Waals surface area contributed by atoms with Crippen molar-refractivity contribution in [3.05, 3.63) is 5.89 Å². The Morgan fingerprint density at radius 1 is 1.56 bits per heavy atom. The number of hydrogen-bond donors (Lipinski definition) is 1. The van der Waals surface area contributed by atoms with Crippen molar-refractivity contribution < 1.29 is 22.7 Å². The largest absolute Gasteiger partial charge is 0.481 e. The molecule has 1 atom stereocenters. The summed E-state index contributed by atoms with van der Waals surface area (Å²) in [6, 6.07) is 0. The Kier molecular flexibility index (Phi) is 3.92. The smallest absolute Gasteiger partial charge is 0.314 e. The summed E-state index contributed by atoms with van der Waals surface area (Å²) in [6.07, 6.45) is 1.06. The van der Waals surface area contributed by atoms with E-state index >= 15 is 0 Å². The normalized spacial score (nSPS) is 13.6. The average molecular weight is 266 g/mol. The van der Waals surface area contributed by atoms with E-state index < -0.39 is 21.1 Å². The van der Waals surface area contributed by atoms with Crippen LogP contribution in [0, 0.1) is 0 Å². The van der Waals surface area contributed by atoms with Crippen LogP contribution in [0.25, 0.3) is 0 Å². The first-order valence-corrected chi connectivity index (χ1v) is 7.11. The van der Waals surface area contributed by atoms with Crippen molar-refractivity contribution in [3.8, 4) is 0 Å². The number of thioether (sulfide) groups is 1. The lowest BCUT2D eigenvalue weighted by molar-refractivity contribution is -0.133. The van der Waals surface area contributed by atoms with Crippen LogP contribution in [0.15, 0.2) is 9.64 Å². The van der Waals surface area contributed by atoms with Crippen LogP contribution in [-0.4, -0.2) is 41.7 Å². The van der Waals surface area contributed by atoms with Crippen LogP contribution in [0.4, 0.5) is 0 Å². The zero-order chi connectivity index (χ0) is 12.3. The van der Waals surface area contributed by atoms with E-state index in [1.54, 1.807) is 0 Å². The van der Waals surface area contributed by atoms with Gasteiger partial charge in [0.2, 0.25) is 5.89 Å². The van der Waals surface area contributed by atoms with Gasteiger partial charge in [0.05, 0.1) is 0 Å². The summed E-state index contributed by atoms with van der Waals surface area (Å²) in [4.78, 5) is 10.3. The van der Waals surface area contributed by atoms with Gasteiger partial charge in [0, 0.05) is 6.26 Å². The van der Waals surface area contributed by atoms with E-state index in [4.69, 9.17) is 9.52 Å². The monoisotopic (exact) mass is 266 g/mol. The molecule has 0 spiro atoms. The zero-order valence-electron chi connectivity index (χ0n) is 8.58. The van der Waals surface area contributed by atoms with Crippen LogP contribution < -0.4 is 0 Å². The minimum atomic E-state index is -3.30. The van der Waals surface area contributed by atoms with Gasteiger partial charge in [-0.05, 0) is 6.92 Å². The predicted molar refractivity (Wildman–Crippen MR) is 55.9 cm³/mol. The fourth-order valence-electron chi connectivity index (χ4n) is 0.750. The SMILES string of the molecule is CC(c1nnc(SCC(=O)O)o1)S(C)(=O)=O. The summed E-state index contributed by atoms with van der Waals surface area (Å²) in [5, 5.41) is 14.7. The van der Waals surface area contributed by atoms with Gasteiger partial charge >= 0.3 is 5.97 Å². The van der Waals surface area contributed by atoms with Crippen molar-refractivity contribution in [1.29, 1.82) is 0 Å². The molecule has 1 heterocycles. The van der Waals surface area contributed by atoms with Crippen LogP contribution in [-0.2, 0) is 14.6 Å². The molecular formula is C7H10N2O5S2. The number of carbonyl (C=O) groups is 1. The van der Waals surface area contributed by atoms with E-state index in [1.807, 2.05) is 0 Å². The first-order chi connectivity index (χ1) is 7.30. The van der Waals surface area contributed by atoms with Crippen molar-refractivity contribution in [2.24, 2.45) is 0 Å². The molecule has 0 aliphatic rings. The van der Waals surface area contributed by atoms with E-state index in [-0.39, 0.29) is 16.9 Å². The average Bonchev–Trinajstić information content (AvgIpc) is 2.60. The number of carboxylic acids is 1. The maximum Gasteiger partial charge on any atom is 0.314 e. The molecule has 16 heavy (non-hydrogen) atoms. The second-order valence-corrected chi connectivity index (χ2v) is 6.35. The molecule has 1 N–H and O–H groups in total. The zero-order valence-corrected chi connectivity index (χ0v) is 10.2. The predicted octanol–water partition coefficient (Wildman–Crippen LogP) is 0.352. The van der Waals surface area contributed by atoms with Crippen LogP contribution in [0.1, 0.15) is 18.1 Å². The molecule has 0 radical (unpaired) electrons. The first kappa shape index (κ1) is 13.0. The van der Waals surface area contributed by atoms with Crippen LogP contribution in [0.2, 0.25) is 0 Å². The van der Waals surface area contributed by atoms with Gasteiger partial charge < -0.3 is 9.52 Å². The number of rotatable bonds is 5. The summed E-state index contributed by atoms with van der Waals surface area (Å²) in [5.74, 6) is -1.26. The van der Waals surface area contributed by atoms with E-state index in [0.717, 1.165) is 18.0 Å². The van der Waals surface area contributed by atoms with Crippen molar-refractivity contribution in [1.82, 2.24) is 10.2 Å². The molecule has 0 saturated carbocycles. The number of aromatic nitrogens is 2. The molecular weight excluding hydrogens is 256 g/mol. The molecule has 0 aliphatic heterocycles. The molecule has 0 amide bonds. The molecule has 0 aromatic carbocycles. The number of hydrogen-bond acceptors (Lipinski definition) is 7. The summed E-state index contributed by atoms with van der Waals surface area (Å²) in [6.45, 7) is 1.43. The summed E-state index contributed by atoms with van der Waals surface area (Å²) < 4.78 is 27.4. The highest BCUT2D eigenvalue weighted by atomic mass is 32.2. The van der Waals surface area contributed by atoms with Crippen molar-refractivity contribution >= 4 is 27.6 Å². The van der Waals surface area contributed by atoms with Crippen LogP contribution in [0.3, 0.4) is 0 Å². The van der Waals surface area contributed by atoms with Gasteiger partial charge in [-0.15, -0.1) is 10.2 Å². The molecule has 1 aromatic heterocycles. The van der Waals surface area contributed by atoms with E-state index in [9.17, 15) is 13.2 Å². The van der Waals surface area contributed by atoms with Gasteiger partial charge in [-0.3, -0.25) is 4.79 Å². The summed E-state index contributed by atoms with van der Waals surface area (Å²) >= 11 is 0.843. The van der Waals surface area contributed by atoms with Crippen molar-refractivity contribution in [2.45, 2.75) is 17.4 Å². The minimum Gasteiger partial charge on any atom is -0.481 e. The number of carboxylic acid groups (broad SMARTS) is 1. The molecule has 90 valence electrons. The highest BCUT2D eigenvalue weighted by molar-refractivity contribution is 7.99. The molecule has 9 heteroatoms. The fourth-order valence-corrected chi connectivity index (χ4v) is 1.70. The second kappa shape index (κ2) is 4.83. The summed E-state index contributed by atoms with van der Waals surface area (Å²) in [5.41, 5.74) is 0. The molecule has 1 rings (SSSR count). The molecule has 0 bridgehead atoms. The van der Waals surface area contributed by atoms with Crippen LogP contribution >= 0.6 is 11.8 Å². The third kappa shape index (κ3) is 3.49. The first-order valence-electron chi connectivity index (χ1n) is 4.17. The van der Waals surface area contributed by atoms with Crippen molar-refractivity contribution in [3.63, 3.8) is 0 Å². The van der Waals surface area contributed by atoms with E-state index in [1.165, 1.54) is 6.92 Å². The fraction of sp³-hybridized carbons (Fsp3) is 0.571. The standard InChI is InChI=1S/C7H10N2O5S2/c1-4(16(2,12)13)6-8-9-7(14-6)15-3-5(10)11/h4H,3H2,1-2H3,(H,10,11). The Morgan fingerprint density at radius 3 is 2.69 bits per heavy atom. The lowest BCUT2D eigenvalue weighted by Gasteiger charge is -2.01. The third-order valence-electron chi connectivity index (χ3n) is 1.73. The molecule has 7 nitrogen and oxygen atoms in total. The topological polar surface area (TPSA) is 110 Å². The molecule has 0 saturated heterocycles. The third-order valence-corrected chi connectivity index (χ3v) is 4.02. The van der Waals surface area contributed by atoms with Gasteiger partial charge in [0.15, 0.2) is 9.84 Å². The minimum absolute atomic E-state index is 0.0320. The van der Waals surface area contributed by atoms with E-state index in [2.05, 4.69) is 10.2 Å². The van der Waals surface area contributed by atoms with Gasteiger partial charge in [0.25, 0.3) is 5.22 Å². The highest BCUT2D eigenvalue weighted by Gasteiger charge is 2.23.